The lowest BCUT2D eigenvalue weighted by atomic mass is 10.0. The number of carbonyl (C=O) groups excluding carboxylic acids is 1. The molecular formula is C13H22N2O. The van der Waals surface area contributed by atoms with Gasteiger partial charge in [-0.1, -0.05) is 12.8 Å². The Labute approximate surface area is 97.6 Å². The molecule has 3 atom stereocenters. The van der Waals surface area contributed by atoms with E-state index in [0.717, 1.165) is 31.5 Å². The Hall–Kier alpha value is -0.570. The maximum absolute atomic E-state index is 12.4. The van der Waals surface area contributed by atoms with Gasteiger partial charge >= 0.3 is 0 Å². The molecule has 0 aromatic heterocycles. The van der Waals surface area contributed by atoms with Gasteiger partial charge in [0.25, 0.3) is 0 Å². The van der Waals surface area contributed by atoms with Gasteiger partial charge < -0.3 is 10.2 Å². The number of fused-ring (bicyclic) bond motifs is 1. The second-order valence-electron chi connectivity index (χ2n) is 5.72. The third-order valence-corrected chi connectivity index (χ3v) is 4.73. The molecule has 16 heavy (non-hydrogen) atoms. The molecule has 3 nitrogen and oxygen atoms in total. The number of amides is 1. The van der Waals surface area contributed by atoms with Crippen LogP contribution in [0.5, 0.6) is 0 Å². The molecule has 3 rings (SSSR count). The SMILES string of the molecule is C[C@H]1CNCCN1C(=O)C1C2CCCCC21. The molecule has 0 radical (unpaired) electrons. The fraction of sp³-hybridized carbons (Fsp3) is 0.923. The maximum atomic E-state index is 12.4. The Kier molecular flexibility index (Phi) is 2.66. The van der Waals surface area contributed by atoms with Crippen LogP contribution in [0.3, 0.4) is 0 Å². The Bertz CT molecular complexity index is 280. The minimum absolute atomic E-state index is 0.393. The first-order chi connectivity index (χ1) is 7.79. The first-order valence-electron chi connectivity index (χ1n) is 6.80. The van der Waals surface area contributed by atoms with Crippen LogP contribution >= 0.6 is 0 Å². The third kappa shape index (κ3) is 1.65. The van der Waals surface area contributed by atoms with E-state index in [9.17, 15) is 4.79 Å². The van der Waals surface area contributed by atoms with Crippen molar-refractivity contribution in [2.75, 3.05) is 19.6 Å². The second-order valence-corrected chi connectivity index (χ2v) is 5.72. The van der Waals surface area contributed by atoms with Gasteiger partial charge in [0.15, 0.2) is 0 Å². The number of hydrogen-bond donors (Lipinski definition) is 1. The number of nitrogens with zero attached hydrogens (tertiary/aromatic N) is 1. The molecule has 3 fully saturated rings. The van der Waals surface area contributed by atoms with Gasteiger partial charge in [0, 0.05) is 31.6 Å². The van der Waals surface area contributed by atoms with E-state index in [1.54, 1.807) is 0 Å². The zero-order chi connectivity index (χ0) is 11.1. The van der Waals surface area contributed by atoms with Gasteiger partial charge in [0.05, 0.1) is 0 Å². The fourth-order valence-corrected chi connectivity index (χ4v) is 3.72. The lowest BCUT2D eigenvalue weighted by Gasteiger charge is -2.34. The fourth-order valence-electron chi connectivity index (χ4n) is 3.72. The summed E-state index contributed by atoms with van der Waals surface area (Å²) in [6.45, 7) is 5.01. The van der Waals surface area contributed by atoms with Gasteiger partial charge in [0.2, 0.25) is 5.91 Å². The minimum atomic E-state index is 0.393. The molecule has 1 heterocycles. The number of carbonyl (C=O) groups is 1. The van der Waals surface area contributed by atoms with E-state index in [-0.39, 0.29) is 0 Å². The van der Waals surface area contributed by atoms with Crippen LogP contribution in [0.15, 0.2) is 0 Å². The van der Waals surface area contributed by atoms with Crippen LogP contribution in [0, 0.1) is 17.8 Å². The van der Waals surface area contributed by atoms with Gasteiger partial charge in [-0.3, -0.25) is 4.79 Å². The zero-order valence-electron chi connectivity index (χ0n) is 10.1. The monoisotopic (exact) mass is 222 g/mol. The van der Waals surface area contributed by atoms with Crippen LogP contribution < -0.4 is 5.32 Å². The predicted octanol–water partition coefficient (Wildman–Crippen LogP) is 1.24. The van der Waals surface area contributed by atoms with Gasteiger partial charge in [-0.05, 0) is 31.6 Å². The summed E-state index contributed by atoms with van der Waals surface area (Å²) < 4.78 is 0. The quantitative estimate of drug-likeness (QED) is 0.724. The summed E-state index contributed by atoms with van der Waals surface area (Å²) >= 11 is 0. The normalized spacial score (nSPS) is 42.7. The smallest absolute Gasteiger partial charge is 0.226 e. The molecule has 1 aliphatic heterocycles. The Morgan fingerprint density at radius 1 is 1.25 bits per heavy atom. The zero-order valence-corrected chi connectivity index (χ0v) is 10.1. The van der Waals surface area contributed by atoms with E-state index in [1.807, 2.05) is 0 Å². The van der Waals surface area contributed by atoms with E-state index >= 15 is 0 Å². The van der Waals surface area contributed by atoms with Crippen LogP contribution in [-0.4, -0.2) is 36.5 Å². The summed E-state index contributed by atoms with van der Waals surface area (Å²) in [5, 5.41) is 3.35. The maximum Gasteiger partial charge on any atom is 0.226 e. The summed E-state index contributed by atoms with van der Waals surface area (Å²) in [4.78, 5) is 14.6. The van der Waals surface area contributed by atoms with Crippen molar-refractivity contribution in [2.45, 2.75) is 38.6 Å². The van der Waals surface area contributed by atoms with E-state index < -0.39 is 0 Å². The Balaban J connectivity index is 1.64. The van der Waals surface area contributed by atoms with Gasteiger partial charge in [0.1, 0.15) is 0 Å². The predicted molar refractivity (Wildman–Crippen MR) is 63.0 cm³/mol. The van der Waals surface area contributed by atoms with Crippen molar-refractivity contribution < 1.29 is 4.79 Å². The van der Waals surface area contributed by atoms with Gasteiger partial charge in [-0.25, -0.2) is 0 Å². The van der Waals surface area contributed by atoms with Crippen LogP contribution in [0.2, 0.25) is 0 Å². The first kappa shape index (κ1) is 10.6. The van der Waals surface area contributed by atoms with Crippen molar-refractivity contribution in [3.63, 3.8) is 0 Å². The molecule has 0 bridgehead atoms. The molecule has 3 heteroatoms. The van der Waals surface area contributed by atoms with Crippen LogP contribution in [0.4, 0.5) is 0 Å². The van der Waals surface area contributed by atoms with Crippen molar-refractivity contribution in [3.05, 3.63) is 0 Å². The van der Waals surface area contributed by atoms with Crippen LogP contribution in [-0.2, 0) is 4.79 Å². The number of piperazine rings is 1. The van der Waals surface area contributed by atoms with E-state index in [4.69, 9.17) is 0 Å². The lowest BCUT2D eigenvalue weighted by Crippen LogP contribution is -2.53. The highest BCUT2D eigenvalue weighted by Gasteiger charge is 2.56. The second kappa shape index (κ2) is 4.02. The Morgan fingerprint density at radius 3 is 2.56 bits per heavy atom. The summed E-state index contributed by atoms with van der Waals surface area (Å²) in [5.41, 5.74) is 0. The van der Waals surface area contributed by atoms with Gasteiger partial charge in [-0.15, -0.1) is 0 Å². The molecule has 0 aromatic carbocycles. The molecule has 1 N–H and O–H groups in total. The molecule has 0 spiro atoms. The van der Waals surface area contributed by atoms with E-state index in [0.29, 0.717) is 17.9 Å². The topological polar surface area (TPSA) is 32.3 Å². The third-order valence-electron chi connectivity index (χ3n) is 4.73. The molecule has 2 saturated carbocycles. The summed E-state index contributed by atoms with van der Waals surface area (Å²) in [5.74, 6) is 2.38. The Morgan fingerprint density at radius 2 is 1.94 bits per heavy atom. The molecule has 2 aliphatic carbocycles. The highest BCUT2D eigenvalue weighted by molar-refractivity contribution is 5.82. The standard InChI is InChI=1S/C13H22N2O/c1-9-8-14-6-7-15(9)13(16)12-10-4-2-3-5-11(10)12/h9-12,14H,2-8H2,1H3/t9-,10?,11?,12?/m0/s1. The number of nitrogens with one attached hydrogen (secondary N) is 1. The lowest BCUT2D eigenvalue weighted by molar-refractivity contribution is -0.136. The molecule has 2 unspecified atom stereocenters. The van der Waals surface area contributed by atoms with Crippen molar-refractivity contribution in [3.8, 4) is 0 Å². The molecule has 1 amide bonds. The summed E-state index contributed by atoms with van der Waals surface area (Å²) in [6, 6.07) is 0.393. The van der Waals surface area contributed by atoms with Crippen molar-refractivity contribution >= 4 is 5.91 Å². The summed E-state index contributed by atoms with van der Waals surface area (Å²) in [7, 11) is 0. The molecule has 1 saturated heterocycles. The molecule has 90 valence electrons. The largest absolute Gasteiger partial charge is 0.337 e. The van der Waals surface area contributed by atoms with Crippen molar-refractivity contribution in [2.24, 2.45) is 17.8 Å². The highest BCUT2D eigenvalue weighted by atomic mass is 16.2. The number of hydrogen-bond acceptors (Lipinski definition) is 2. The molecule has 3 aliphatic rings. The minimum Gasteiger partial charge on any atom is -0.337 e. The van der Waals surface area contributed by atoms with E-state index in [2.05, 4.69) is 17.1 Å². The van der Waals surface area contributed by atoms with Crippen LogP contribution in [0.1, 0.15) is 32.6 Å². The molecular weight excluding hydrogens is 200 g/mol. The first-order valence-corrected chi connectivity index (χ1v) is 6.80. The van der Waals surface area contributed by atoms with Crippen LogP contribution in [0.25, 0.3) is 0 Å². The molecule has 0 aromatic rings. The average molecular weight is 222 g/mol. The number of rotatable bonds is 1. The summed E-state index contributed by atoms with van der Waals surface area (Å²) in [6.07, 6.45) is 5.31. The van der Waals surface area contributed by atoms with Crippen molar-refractivity contribution in [1.29, 1.82) is 0 Å². The van der Waals surface area contributed by atoms with Gasteiger partial charge in [-0.2, -0.15) is 0 Å². The van der Waals surface area contributed by atoms with Crippen molar-refractivity contribution in [1.82, 2.24) is 10.2 Å². The van der Waals surface area contributed by atoms with E-state index in [1.165, 1.54) is 25.7 Å². The average Bonchev–Trinajstić information content (AvgIpc) is 3.03. The highest BCUT2D eigenvalue weighted by Crippen LogP contribution is 2.56.